The molecule has 1 aliphatic heterocycles. The molecule has 1 atom stereocenters. The van der Waals surface area contributed by atoms with Crippen molar-refractivity contribution >= 4 is 28.6 Å². The number of nitrogens with two attached hydrogens (primary N) is 1. The molecule has 1 aromatic carbocycles. The van der Waals surface area contributed by atoms with E-state index in [2.05, 4.69) is 25.6 Å². The fourth-order valence-corrected chi connectivity index (χ4v) is 2.70. The van der Waals surface area contributed by atoms with Crippen molar-refractivity contribution in [3.05, 3.63) is 70.4 Å². The molecule has 1 unspecified atom stereocenters. The first-order valence-electron chi connectivity index (χ1n) is 9.02. The van der Waals surface area contributed by atoms with Gasteiger partial charge in [-0.05, 0) is 31.2 Å². The van der Waals surface area contributed by atoms with Gasteiger partial charge in [0.2, 0.25) is 5.79 Å². The Morgan fingerprint density at radius 1 is 1.30 bits per heavy atom. The lowest BCUT2D eigenvalue weighted by molar-refractivity contribution is -0.192. The number of alkyl halides is 3. The van der Waals surface area contributed by atoms with Crippen LogP contribution >= 0.6 is 0 Å². The molecule has 1 aliphatic rings. The van der Waals surface area contributed by atoms with Gasteiger partial charge in [0.05, 0.1) is 17.3 Å². The van der Waals surface area contributed by atoms with Crippen LogP contribution in [0.1, 0.15) is 12.5 Å². The van der Waals surface area contributed by atoms with E-state index in [9.17, 15) is 22.4 Å². The first kappa shape index (κ1) is 23.5. The van der Waals surface area contributed by atoms with Gasteiger partial charge in [-0.2, -0.15) is 13.2 Å². The molecular weight excluding hydrogens is 452 g/mol. The summed E-state index contributed by atoms with van der Waals surface area (Å²) < 4.78 is 50.8. The number of benzene rings is 1. The summed E-state index contributed by atoms with van der Waals surface area (Å²) in [6.45, 7) is 1.83. The number of H-pyrrole nitrogens is 1. The number of carboxylic acid groups (broad SMARTS) is 1. The first-order chi connectivity index (χ1) is 15.4. The number of rotatable bonds is 2. The van der Waals surface area contributed by atoms with Crippen LogP contribution in [0.15, 0.2) is 62.6 Å². The van der Waals surface area contributed by atoms with Crippen LogP contribution in [0.2, 0.25) is 0 Å². The van der Waals surface area contributed by atoms with E-state index in [1.54, 1.807) is 24.4 Å². The number of nitrogens with zero attached hydrogens (tertiary/aromatic N) is 2. The average Bonchev–Trinajstić information content (AvgIpc) is 3.10. The number of carbonyl (C=O) groups is 1. The highest BCUT2D eigenvalue weighted by Crippen LogP contribution is 2.25. The van der Waals surface area contributed by atoms with Crippen LogP contribution in [0.3, 0.4) is 0 Å². The zero-order valence-corrected chi connectivity index (χ0v) is 16.7. The van der Waals surface area contributed by atoms with E-state index in [0.717, 1.165) is 11.8 Å². The van der Waals surface area contributed by atoms with Crippen molar-refractivity contribution in [2.75, 3.05) is 5.32 Å². The number of aliphatic carboxylic acids is 1. The van der Waals surface area contributed by atoms with Gasteiger partial charge in [0.1, 0.15) is 11.7 Å². The minimum Gasteiger partial charge on any atom is -0.475 e. The smallest absolute Gasteiger partial charge is 0.475 e. The molecule has 0 spiro atoms. The van der Waals surface area contributed by atoms with E-state index < -0.39 is 29.5 Å². The zero-order chi connectivity index (χ0) is 24.4. The lowest BCUT2D eigenvalue weighted by Gasteiger charge is -2.31. The van der Waals surface area contributed by atoms with Gasteiger partial charge in [-0.15, -0.1) is 0 Å². The van der Waals surface area contributed by atoms with Crippen LogP contribution in [0.5, 0.6) is 0 Å². The summed E-state index contributed by atoms with van der Waals surface area (Å²) in [7, 11) is 0. The summed E-state index contributed by atoms with van der Waals surface area (Å²) in [5, 5.41) is 13.2. The molecule has 0 fully saturated rings. The number of nitrogens with one attached hydrogen (secondary N) is 3. The minimum atomic E-state index is -5.08. The van der Waals surface area contributed by atoms with Crippen molar-refractivity contribution < 1.29 is 31.9 Å². The number of oxazole rings is 1. The molecular formula is C19H16F4N6O4. The monoisotopic (exact) mass is 468 g/mol. The molecule has 6 N–H and O–H groups in total. The van der Waals surface area contributed by atoms with E-state index in [1.165, 1.54) is 12.3 Å². The number of anilines is 1. The fraction of sp³-hybridized carbons (Fsp3) is 0.158. The molecule has 10 nitrogen and oxygen atoms in total. The van der Waals surface area contributed by atoms with Crippen molar-refractivity contribution in [3.63, 3.8) is 0 Å². The molecule has 0 aliphatic carbocycles. The number of hydrogen-bond donors (Lipinski definition) is 5. The molecule has 2 aromatic heterocycles. The summed E-state index contributed by atoms with van der Waals surface area (Å²) in [5.41, 5.74) is 8.89. The molecule has 14 heteroatoms. The van der Waals surface area contributed by atoms with Crippen LogP contribution < -0.4 is 22.1 Å². The second-order valence-corrected chi connectivity index (χ2v) is 6.71. The molecule has 0 saturated heterocycles. The second-order valence-electron chi connectivity index (χ2n) is 6.71. The Hall–Kier alpha value is -4.20. The van der Waals surface area contributed by atoms with Crippen LogP contribution in [-0.2, 0) is 10.6 Å². The van der Waals surface area contributed by atoms with Crippen molar-refractivity contribution in [1.82, 2.24) is 15.3 Å². The van der Waals surface area contributed by atoms with Gasteiger partial charge >= 0.3 is 17.9 Å². The number of aromatic nitrogens is 2. The molecule has 0 saturated carbocycles. The molecule has 4 rings (SSSR count). The van der Waals surface area contributed by atoms with Gasteiger partial charge in [0.15, 0.2) is 5.58 Å². The number of aromatic amines is 1. The average molecular weight is 468 g/mol. The van der Waals surface area contributed by atoms with Gasteiger partial charge in [0, 0.05) is 23.7 Å². The third-order valence-electron chi connectivity index (χ3n) is 4.28. The third kappa shape index (κ3) is 5.35. The fourth-order valence-electron chi connectivity index (χ4n) is 2.70. The minimum absolute atomic E-state index is 0.171. The van der Waals surface area contributed by atoms with Gasteiger partial charge in [-0.1, -0.05) is 0 Å². The summed E-state index contributed by atoms with van der Waals surface area (Å²) in [6.07, 6.45) is -0.887. The number of hydrogen-bond acceptors (Lipinski definition) is 8. The largest absolute Gasteiger partial charge is 0.490 e. The van der Waals surface area contributed by atoms with Gasteiger partial charge < -0.3 is 20.2 Å². The number of halogens is 4. The third-order valence-corrected chi connectivity index (χ3v) is 4.28. The summed E-state index contributed by atoms with van der Waals surface area (Å²) in [4.78, 5) is 30.9. The standard InChI is InChI=1S/C17H15FN6O2.C2HF3O2/c1-9-7-21-17(19,11-4-5-20-8-12(11)18)24-15(9)22-10-2-3-14-13(6-10)23-16(25)26-14;3-2(4,5)1(6)7/h2-8,21H,19H2,1H3,(H,22,24)(H,23,25);(H,6,7). The van der Waals surface area contributed by atoms with Gasteiger partial charge in [-0.3, -0.25) is 15.7 Å². The summed E-state index contributed by atoms with van der Waals surface area (Å²) in [5.74, 6) is -4.85. The molecule has 0 bridgehead atoms. The number of carboxylic acids is 1. The Kier molecular flexibility index (Phi) is 6.21. The number of aliphatic imine (C=N–C) groups is 1. The van der Waals surface area contributed by atoms with Crippen LogP contribution in [-0.4, -0.2) is 33.1 Å². The van der Waals surface area contributed by atoms with Crippen molar-refractivity contribution in [1.29, 1.82) is 0 Å². The molecule has 33 heavy (non-hydrogen) atoms. The zero-order valence-electron chi connectivity index (χ0n) is 16.7. The van der Waals surface area contributed by atoms with E-state index in [-0.39, 0.29) is 5.56 Å². The Balaban J connectivity index is 0.000000383. The first-order valence-corrected chi connectivity index (χ1v) is 9.02. The number of fused-ring (bicyclic) bond motifs is 1. The Labute approximate surface area is 181 Å². The highest BCUT2D eigenvalue weighted by Gasteiger charge is 2.38. The van der Waals surface area contributed by atoms with E-state index in [4.69, 9.17) is 20.1 Å². The lowest BCUT2D eigenvalue weighted by Crippen LogP contribution is -2.50. The second kappa shape index (κ2) is 8.74. The Bertz CT molecular complexity index is 1310. The summed E-state index contributed by atoms with van der Waals surface area (Å²) >= 11 is 0. The maximum atomic E-state index is 14.1. The molecule has 174 valence electrons. The highest BCUT2D eigenvalue weighted by molar-refractivity contribution is 6.08. The van der Waals surface area contributed by atoms with Crippen molar-refractivity contribution in [2.45, 2.75) is 18.9 Å². The molecule has 3 aromatic rings. The maximum Gasteiger partial charge on any atom is 0.490 e. The van der Waals surface area contributed by atoms with E-state index >= 15 is 0 Å². The van der Waals surface area contributed by atoms with Crippen LogP contribution in [0.4, 0.5) is 23.2 Å². The lowest BCUT2D eigenvalue weighted by atomic mass is 10.1. The molecule has 3 heterocycles. The number of pyridine rings is 1. The molecule has 0 radical (unpaired) electrons. The normalized spacial score (nSPS) is 17.9. The maximum absolute atomic E-state index is 14.1. The topological polar surface area (TPSA) is 159 Å². The van der Waals surface area contributed by atoms with Crippen LogP contribution in [0.25, 0.3) is 11.1 Å². The Morgan fingerprint density at radius 3 is 2.64 bits per heavy atom. The predicted molar refractivity (Wildman–Crippen MR) is 109 cm³/mol. The summed E-state index contributed by atoms with van der Waals surface area (Å²) in [6, 6.07) is 6.58. The number of amidine groups is 1. The highest BCUT2D eigenvalue weighted by atomic mass is 19.4. The van der Waals surface area contributed by atoms with Gasteiger partial charge in [0.25, 0.3) is 0 Å². The SMILES string of the molecule is CC1=CNC(N)(c2ccncc2F)N=C1Nc1ccc2oc(=O)[nH]c2c1.O=C(O)C(F)(F)F. The van der Waals surface area contributed by atoms with E-state index in [1.807, 2.05) is 6.92 Å². The Morgan fingerprint density at radius 2 is 2.00 bits per heavy atom. The van der Waals surface area contributed by atoms with Gasteiger partial charge in [-0.25, -0.2) is 19.0 Å². The van der Waals surface area contributed by atoms with Crippen LogP contribution in [0, 0.1) is 5.82 Å². The quantitative estimate of drug-likeness (QED) is 0.359. The van der Waals surface area contributed by atoms with E-state index in [0.29, 0.717) is 22.6 Å². The predicted octanol–water partition coefficient (Wildman–Crippen LogP) is 2.38. The van der Waals surface area contributed by atoms with Crippen molar-refractivity contribution in [2.24, 2.45) is 10.7 Å². The molecule has 0 amide bonds. The van der Waals surface area contributed by atoms with Crippen molar-refractivity contribution in [3.8, 4) is 0 Å².